The van der Waals surface area contributed by atoms with Crippen LogP contribution in [0.25, 0.3) is 21.1 Å². The van der Waals surface area contributed by atoms with Crippen molar-refractivity contribution in [3.8, 4) is 12.1 Å². The maximum atomic E-state index is 10.1. The van der Waals surface area contributed by atoms with Gasteiger partial charge in [-0.05, 0) is 42.0 Å². The number of benzene rings is 2. The largest absolute Gasteiger partial charge is 0.394 e. The monoisotopic (exact) mass is 563 g/mol. The van der Waals surface area contributed by atoms with E-state index in [0.29, 0.717) is 45.6 Å². The third-order valence-electron chi connectivity index (χ3n) is 7.43. The molecule has 41 heavy (non-hydrogen) atoms. The Morgan fingerprint density at radius 1 is 1.15 bits per heavy atom. The maximum absolute atomic E-state index is 10.1. The van der Waals surface area contributed by atoms with E-state index in [1.54, 1.807) is 22.1 Å². The van der Waals surface area contributed by atoms with Crippen molar-refractivity contribution in [3.63, 3.8) is 0 Å². The molecule has 3 N–H and O–H groups in total. The smallest absolute Gasteiger partial charge is 0.110 e. The second kappa shape index (κ2) is 10.1. The molecule has 206 valence electrons. The van der Waals surface area contributed by atoms with Gasteiger partial charge in [0.15, 0.2) is 0 Å². The van der Waals surface area contributed by atoms with Crippen molar-refractivity contribution in [3.05, 3.63) is 70.6 Å². The molecule has 6 rings (SSSR count). The summed E-state index contributed by atoms with van der Waals surface area (Å²) in [5.41, 5.74) is 6.58. The summed E-state index contributed by atoms with van der Waals surface area (Å²) in [5, 5.41) is 46.6. The number of nitriles is 2. The average molecular weight is 564 g/mol. The molecule has 1 aliphatic rings. The summed E-state index contributed by atoms with van der Waals surface area (Å²) < 4.78 is 2.79. The van der Waals surface area contributed by atoms with Gasteiger partial charge in [0.25, 0.3) is 0 Å². The molecule has 0 amide bonds. The zero-order valence-electron chi connectivity index (χ0n) is 23.0. The zero-order chi connectivity index (χ0) is 28.8. The second-order valence-corrected chi connectivity index (χ2v) is 12.6. The molecule has 5 aromatic rings. The number of hydrogen-bond acceptors (Lipinski definition) is 10. The Labute approximate surface area is 241 Å². The normalized spacial score (nSPS) is 14.9. The van der Waals surface area contributed by atoms with Crippen molar-refractivity contribution in [2.45, 2.75) is 45.2 Å². The highest BCUT2D eigenvalue weighted by atomic mass is 32.1. The van der Waals surface area contributed by atoms with Crippen molar-refractivity contribution in [2.75, 3.05) is 23.8 Å². The van der Waals surface area contributed by atoms with Gasteiger partial charge >= 0.3 is 0 Å². The first-order valence-corrected chi connectivity index (χ1v) is 14.3. The summed E-state index contributed by atoms with van der Waals surface area (Å²) in [4.78, 5) is 8.97. The molecule has 0 bridgehead atoms. The molecule has 0 radical (unpaired) electrons. The average Bonchev–Trinajstić information content (AvgIpc) is 3.35. The number of anilines is 2. The number of fused-ring (bicyclic) bond motifs is 2. The lowest BCUT2D eigenvalue weighted by Crippen LogP contribution is -2.22. The summed E-state index contributed by atoms with van der Waals surface area (Å²) in [6.07, 6.45) is 5.10. The molecule has 11 heteroatoms. The summed E-state index contributed by atoms with van der Waals surface area (Å²) in [7, 11) is 0. The molecule has 1 atom stereocenters. The van der Waals surface area contributed by atoms with E-state index >= 15 is 0 Å². The molecule has 3 aromatic heterocycles. The summed E-state index contributed by atoms with van der Waals surface area (Å²) in [6, 6.07) is 13.8. The molecule has 3 heterocycles. The number of nitrogens with one attached hydrogen (secondary N) is 2. The van der Waals surface area contributed by atoms with Crippen LogP contribution in [0.15, 0.2) is 48.2 Å². The van der Waals surface area contributed by atoms with E-state index in [1.807, 2.05) is 36.0 Å². The highest BCUT2D eigenvalue weighted by Crippen LogP contribution is 2.43. The van der Waals surface area contributed by atoms with Gasteiger partial charge in [0.05, 0.1) is 62.4 Å². The number of nitrogens with zero attached hydrogens (tertiary/aromatic N) is 7. The van der Waals surface area contributed by atoms with Gasteiger partial charge in [-0.1, -0.05) is 38.1 Å². The molecule has 1 unspecified atom stereocenters. The van der Waals surface area contributed by atoms with Gasteiger partial charge in [-0.3, -0.25) is 4.98 Å². The lowest BCUT2D eigenvalue weighted by Gasteiger charge is -2.22. The first-order chi connectivity index (χ1) is 19.7. The number of thiazole rings is 1. The Hall–Kier alpha value is -4.58. The number of rotatable bonds is 8. The molecule has 0 spiro atoms. The predicted molar refractivity (Wildman–Crippen MR) is 159 cm³/mol. The van der Waals surface area contributed by atoms with Crippen LogP contribution in [0.3, 0.4) is 0 Å². The van der Waals surface area contributed by atoms with Crippen LogP contribution in [0.2, 0.25) is 0 Å². The van der Waals surface area contributed by atoms with Crippen LogP contribution in [-0.2, 0) is 5.54 Å². The number of pyridine rings is 1. The number of aromatic nitrogens is 5. The van der Waals surface area contributed by atoms with Crippen molar-refractivity contribution < 1.29 is 5.11 Å². The molecule has 10 nitrogen and oxygen atoms in total. The van der Waals surface area contributed by atoms with Gasteiger partial charge in [-0.25, -0.2) is 9.67 Å². The van der Waals surface area contributed by atoms with Gasteiger partial charge in [-0.2, -0.15) is 10.5 Å². The molecule has 1 fully saturated rings. The Kier molecular flexibility index (Phi) is 6.57. The molecule has 0 aliphatic heterocycles. The Morgan fingerprint density at radius 3 is 2.66 bits per heavy atom. The van der Waals surface area contributed by atoms with Crippen molar-refractivity contribution >= 4 is 43.8 Å². The first kappa shape index (κ1) is 26.6. The van der Waals surface area contributed by atoms with Crippen LogP contribution in [0.4, 0.5) is 11.4 Å². The van der Waals surface area contributed by atoms with Gasteiger partial charge in [0.1, 0.15) is 17.8 Å². The summed E-state index contributed by atoms with van der Waals surface area (Å²) >= 11 is 1.55. The minimum absolute atomic E-state index is 0.00704. The van der Waals surface area contributed by atoms with E-state index in [2.05, 4.69) is 63.8 Å². The van der Waals surface area contributed by atoms with Crippen molar-refractivity contribution in [1.29, 1.82) is 10.5 Å². The van der Waals surface area contributed by atoms with E-state index < -0.39 is 11.6 Å². The fraction of sp³-hybridized carbons (Fsp3) is 0.333. The number of hydrogen-bond donors (Lipinski definition) is 3. The minimum Gasteiger partial charge on any atom is -0.394 e. The van der Waals surface area contributed by atoms with E-state index in [0.717, 1.165) is 28.6 Å². The van der Waals surface area contributed by atoms with Crippen molar-refractivity contribution in [1.82, 2.24) is 25.0 Å². The highest BCUT2D eigenvalue weighted by Gasteiger charge is 2.45. The minimum atomic E-state index is -0.426. The third kappa shape index (κ3) is 4.95. The summed E-state index contributed by atoms with van der Waals surface area (Å²) in [5.74, 6) is 0. The molecule has 1 aliphatic carbocycles. The quantitative estimate of drug-likeness (QED) is 0.228. The van der Waals surface area contributed by atoms with Gasteiger partial charge in [-0.15, -0.1) is 16.4 Å². The van der Waals surface area contributed by atoms with E-state index in [1.165, 1.54) is 6.20 Å². The number of aliphatic hydroxyl groups is 1. The highest BCUT2D eigenvalue weighted by molar-refractivity contribution is 7.17. The Balaban J connectivity index is 1.49. The fourth-order valence-corrected chi connectivity index (χ4v) is 5.79. The SMILES string of the molecule is CC(C)(C)CNc1c(C#N)cnc2c(C#N)cc(NC(c3cn(C4(CO)CC4)nn3)c3cccc4ncsc34)cc12. The maximum Gasteiger partial charge on any atom is 0.110 e. The van der Waals surface area contributed by atoms with Crippen LogP contribution in [0.5, 0.6) is 0 Å². The van der Waals surface area contributed by atoms with Crippen LogP contribution >= 0.6 is 11.3 Å². The van der Waals surface area contributed by atoms with Crippen LogP contribution in [0.1, 0.15) is 62.0 Å². The van der Waals surface area contributed by atoms with Gasteiger partial charge in [0.2, 0.25) is 0 Å². The van der Waals surface area contributed by atoms with E-state index in [-0.39, 0.29) is 12.0 Å². The van der Waals surface area contributed by atoms with Crippen LogP contribution in [0, 0.1) is 28.1 Å². The Morgan fingerprint density at radius 2 is 1.95 bits per heavy atom. The summed E-state index contributed by atoms with van der Waals surface area (Å²) in [6.45, 7) is 6.98. The van der Waals surface area contributed by atoms with E-state index in [4.69, 9.17) is 0 Å². The molecular formula is C30H29N9OS. The van der Waals surface area contributed by atoms with Gasteiger partial charge in [0, 0.05) is 23.8 Å². The molecule has 1 saturated carbocycles. The van der Waals surface area contributed by atoms with Crippen LogP contribution < -0.4 is 10.6 Å². The predicted octanol–water partition coefficient (Wildman–Crippen LogP) is 5.32. The van der Waals surface area contributed by atoms with Crippen molar-refractivity contribution in [2.24, 2.45) is 5.41 Å². The van der Waals surface area contributed by atoms with Gasteiger partial charge < -0.3 is 15.7 Å². The first-order valence-electron chi connectivity index (χ1n) is 13.4. The lowest BCUT2D eigenvalue weighted by atomic mass is 9.96. The molecule has 0 saturated heterocycles. The standard InChI is InChI=1S/C30H29N9OS/c1-29(2,3)15-34-26-19(12-32)13-33-25-18(11-31)9-20(10-22(25)26)36-27(21-5-4-6-23-28(21)41-17-35-23)24-14-39(38-37-24)30(16-40)7-8-30/h4-6,9-10,13-14,17,27,36,40H,7-8,15-16H2,1-3H3,(H,33,34). The zero-order valence-corrected chi connectivity index (χ0v) is 23.8. The molecule has 2 aromatic carbocycles. The Bertz CT molecular complexity index is 1850. The van der Waals surface area contributed by atoms with E-state index in [9.17, 15) is 15.6 Å². The fourth-order valence-electron chi connectivity index (χ4n) is 4.96. The molecular weight excluding hydrogens is 534 g/mol. The number of aliphatic hydroxyl groups excluding tert-OH is 1. The lowest BCUT2D eigenvalue weighted by molar-refractivity contribution is 0.200. The topological polar surface area (TPSA) is 148 Å². The second-order valence-electron chi connectivity index (χ2n) is 11.7. The third-order valence-corrected chi connectivity index (χ3v) is 8.32. The van der Waals surface area contributed by atoms with Crippen LogP contribution in [-0.4, -0.2) is 43.2 Å².